The zero-order valence-corrected chi connectivity index (χ0v) is 8.37. The number of carboxylic acid groups (broad SMARTS) is 1. The van der Waals surface area contributed by atoms with Gasteiger partial charge in [-0.3, -0.25) is 0 Å². The van der Waals surface area contributed by atoms with Crippen LogP contribution in [0.15, 0.2) is 4.52 Å². The van der Waals surface area contributed by atoms with E-state index in [-0.39, 0.29) is 17.3 Å². The Morgan fingerprint density at radius 2 is 2.21 bits per heavy atom. The van der Waals surface area contributed by atoms with E-state index in [1.165, 1.54) is 0 Å². The number of hydrogen-bond acceptors (Lipinski definition) is 5. The molecular weight excluding hydrogens is 186 g/mol. The predicted octanol–water partition coefficient (Wildman–Crippen LogP) is 0.656. The number of carbonyl (C=O) groups is 1. The lowest BCUT2D eigenvalue weighted by Crippen LogP contribution is -2.35. The molecule has 0 saturated heterocycles. The van der Waals surface area contributed by atoms with E-state index in [9.17, 15) is 4.79 Å². The Hall–Kier alpha value is -1.43. The Balaban J connectivity index is 2.56. The van der Waals surface area contributed by atoms with Crippen molar-refractivity contribution < 1.29 is 14.4 Å². The molecule has 1 aromatic heterocycles. The third-order valence-corrected chi connectivity index (χ3v) is 1.43. The molecule has 0 amide bonds. The summed E-state index contributed by atoms with van der Waals surface area (Å²) in [6.07, 6.45) is 0. The Kier molecular flexibility index (Phi) is 2.85. The number of carboxylic acids is 1. The minimum atomic E-state index is -1.18. The van der Waals surface area contributed by atoms with E-state index in [0.29, 0.717) is 6.54 Å². The molecule has 0 aromatic carbocycles. The first-order chi connectivity index (χ1) is 6.38. The predicted molar refractivity (Wildman–Crippen MR) is 47.9 cm³/mol. The fourth-order valence-electron chi connectivity index (χ4n) is 0.754. The van der Waals surface area contributed by atoms with Gasteiger partial charge < -0.3 is 14.9 Å². The van der Waals surface area contributed by atoms with E-state index in [4.69, 9.17) is 9.63 Å². The van der Waals surface area contributed by atoms with Crippen molar-refractivity contribution in [2.75, 3.05) is 0 Å². The number of aromatic nitrogens is 2. The lowest BCUT2D eigenvalue weighted by molar-refractivity contribution is 0.0680. The first-order valence-electron chi connectivity index (χ1n) is 4.19. The first kappa shape index (κ1) is 10.6. The lowest BCUT2D eigenvalue weighted by atomic mass is 10.1. The van der Waals surface area contributed by atoms with Gasteiger partial charge in [0.15, 0.2) is 0 Å². The fourth-order valence-corrected chi connectivity index (χ4v) is 0.754. The van der Waals surface area contributed by atoms with E-state index in [1.807, 2.05) is 20.8 Å². The van der Waals surface area contributed by atoms with Gasteiger partial charge >= 0.3 is 5.97 Å². The van der Waals surface area contributed by atoms with Gasteiger partial charge in [-0.1, -0.05) is 0 Å². The summed E-state index contributed by atoms with van der Waals surface area (Å²) in [5, 5.41) is 14.9. The van der Waals surface area contributed by atoms with Crippen LogP contribution >= 0.6 is 0 Å². The van der Waals surface area contributed by atoms with Gasteiger partial charge in [-0.25, -0.2) is 4.79 Å². The lowest BCUT2D eigenvalue weighted by Gasteiger charge is -2.18. The molecule has 0 radical (unpaired) electrons. The summed E-state index contributed by atoms with van der Waals surface area (Å²) < 4.78 is 4.72. The van der Waals surface area contributed by atoms with E-state index < -0.39 is 5.97 Å². The third-order valence-electron chi connectivity index (χ3n) is 1.43. The smallest absolute Gasteiger partial charge is 0.377 e. The second-order valence-corrected chi connectivity index (χ2v) is 3.92. The zero-order chi connectivity index (χ0) is 10.8. The Bertz CT molecular complexity index is 327. The highest BCUT2D eigenvalue weighted by atomic mass is 16.5. The van der Waals surface area contributed by atoms with Crippen LogP contribution in [0, 0.1) is 0 Å². The second kappa shape index (κ2) is 3.75. The summed E-state index contributed by atoms with van der Waals surface area (Å²) in [6.45, 7) is 6.33. The second-order valence-electron chi connectivity index (χ2n) is 3.92. The zero-order valence-electron chi connectivity index (χ0n) is 8.37. The maximum atomic E-state index is 10.4. The van der Waals surface area contributed by atoms with Crippen molar-refractivity contribution >= 4 is 5.97 Å². The number of aromatic carboxylic acids is 1. The molecule has 14 heavy (non-hydrogen) atoms. The average Bonchev–Trinajstić information content (AvgIpc) is 2.47. The summed E-state index contributed by atoms with van der Waals surface area (Å²) >= 11 is 0. The molecule has 0 spiro atoms. The summed E-state index contributed by atoms with van der Waals surface area (Å²) in [5.41, 5.74) is -0.0716. The summed E-state index contributed by atoms with van der Waals surface area (Å²) in [5.74, 6) is -1.22. The maximum absolute atomic E-state index is 10.4. The third kappa shape index (κ3) is 3.14. The molecule has 0 aliphatic carbocycles. The molecule has 0 fully saturated rings. The minimum absolute atomic E-state index is 0.0716. The SMILES string of the molecule is CC(C)(C)NCc1nc(C(=O)O)no1. The molecule has 6 nitrogen and oxygen atoms in total. The highest BCUT2D eigenvalue weighted by Gasteiger charge is 2.15. The van der Waals surface area contributed by atoms with Crippen LogP contribution in [0.25, 0.3) is 0 Å². The molecule has 6 heteroatoms. The molecule has 0 unspecified atom stereocenters. The quantitative estimate of drug-likeness (QED) is 0.743. The Morgan fingerprint density at radius 3 is 2.64 bits per heavy atom. The highest BCUT2D eigenvalue weighted by Crippen LogP contribution is 2.02. The van der Waals surface area contributed by atoms with Crippen LogP contribution in [-0.4, -0.2) is 26.8 Å². The topological polar surface area (TPSA) is 88.2 Å². The van der Waals surface area contributed by atoms with Crippen LogP contribution in [0.2, 0.25) is 0 Å². The van der Waals surface area contributed by atoms with E-state index in [2.05, 4.69) is 15.5 Å². The molecule has 0 saturated carbocycles. The minimum Gasteiger partial charge on any atom is -0.475 e. The standard InChI is InChI=1S/C8H13N3O3/c1-8(2,3)9-4-5-10-6(7(12)13)11-14-5/h9H,4H2,1-3H3,(H,12,13). The van der Waals surface area contributed by atoms with Crippen molar-refractivity contribution in [1.82, 2.24) is 15.5 Å². The van der Waals surface area contributed by atoms with Crippen molar-refractivity contribution in [1.29, 1.82) is 0 Å². The fraction of sp³-hybridized carbons (Fsp3) is 0.625. The molecular formula is C8H13N3O3. The van der Waals surface area contributed by atoms with Crippen LogP contribution in [0.3, 0.4) is 0 Å². The largest absolute Gasteiger partial charge is 0.475 e. The van der Waals surface area contributed by atoms with Gasteiger partial charge in [0.1, 0.15) is 0 Å². The van der Waals surface area contributed by atoms with Gasteiger partial charge in [0, 0.05) is 5.54 Å². The van der Waals surface area contributed by atoms with Gasteiger partial charge in [-0.2, -0.15) is 4.98 Å². The molecule has 0 aliphatic rings. The van der Waals surface area contributed by atoms with Crippen LogP contribution in [-0.2, 0) is 6.54 Å². The van der Waals surface area contributed by atoms with Gasteiger partial charge in [0.25, 0.3) is 5.82 Å². The van der Waals surface area contributed by atoms with E-state index >= 15 is 0 Å². The van der Waals surface area contributed by atoms with E-state index in [1.54, 1.807) is 0 Å². The number of nitrogens with one attached hydrogen (secondary N) is 1. The summed E-state index contributed by atoms with van der Waals surface area (Å²) in [6, 6.07) is 0. The van der Waals surface area contributed by atoms with Gasteiger partial charge in [-0.15, -0.1) is 0 Å². The van der Waals surface area contributed by atoms with Gasteiger partial charge in [0.05, 0.1) is 6.54 Å². The molecule has 0 bridgehead atoms. The van der Waals surface area contributed by atoms with Crippen LogP contribution in [0.5, 0.6) is 0 Å². The van der Waals surface area contributed by atoms with Crippen molar-refractivity contribution in [3.05, 3.63) is 11.7 Å². The van der Waals surface area contributed by atoms with Crippen molar-refractivity contribution in [3.8, 4) is 0 Å². The molecule has 2 N–H and O–H groups in total. The molecule has 1 aromatic rings. The van der Waals surface area contributed by atoms with Crippen molar-refractivity contribution in [3.63, 3.8) is 0 Å². The molecule has 1 heterocycles. The number of hydrogen-bond donors (Lipinski definition) is 2. The van der Waals surface area contributed by atoms with Crippen LogP contribution < -0.4 is 5.32 Å². The van der Waals surface area contributed by atoms with Crippen molar-refractivity contribution in [2.45, 2.75) is 32.9 Å². The monoisotopic (exact) mass is 199 g/mol. The first-order valence-corrected chi connectivity index (χ1v) is 4.19. The highest BCUT2D eigenvalue weighted by molar-refractivity contribution is 5.82. The van der Waals surface area contributed by atoms with Gasteiger partial charge in [0.2, 0.25) is 5.89 Å². The van der Waals surface area contributed by atoms with Gasteiger partial charge in [-0.05, 0) is 25.9 Å². The van der Waals surface area contributed by atoms with Crippen LogP contribution in [0.4, 0.5) is 0 Å². The van der Waals surface area contributed by atoms with Crippen molar-refractivity contribution in [2.24, 2.45) is 0 Å². The molecule has 78 valence electrons. The molecule has 0 atom stereocenters. The number of nitrogens with zero attached hydrogens (tertiary/aromatic N) is 2. The Morgan fingerprint density at radius 1 is 1.57 bits per heavy atom. The van der Waals surface area contributed by atoms with Crippen LogP contribution in [0.1, 0.15) is 37.3 Å². The molecule has 0 aliphatic heterocycles. The maximum Gasteiger partial charge on any atom is 0.377 e. The number of rotatable bonds is 3. The molecule has 1 rings (SSSR count). The normalized spacial score (nSPS) is 11.6. The Labute approximate surface area is 81.3 Å². The summed E-state index contributed by atoms with van der Waals surface area (Å²) in [4.78, 5) is 14.1. The average molecular weight is 199 g/mol. The summed E-state index contributed by atoms with van der Waals surface area (Å²) in [7, 11) is 0. The van der Waals surface area contributed by atoms with E-state index in [0.717, 1.165) is 0 Å².